The normalized spacial score (nSPS) is 12.0. The Balaban J connectivity index is 3.82. The molecule has 0 saturated carbocycles. The van der Waals surface area contributed by atoms with E-state index in [0.717, 1.165) is 9.45 Å². The summed E-state index contributed by atoms with van der Waals surface area (Å²) in [5.41, 5.74) is 0. The first-order valence-corrected chi connectivity index (χ1v) is 6.83. The van der Waals surface area contributed by atoms with Crippen LogP contribution in [0.25, 0.3) is 0 Å². The Labute approximate surface area is 61.9 Å². The summed E-state index contributed by atoms with van der Waals surface area (Å²) in [6, 6.07) is 0. The van der Waals surface area contributed by atoms with E-state index in [1.807, 2.05) is 0 Å². The van der Waals surface area contributed by atoms with Gasteiger partial charge in [0.05, 0.1) is 0 Å². The summed E-state index contributed by atoms with van der Waals surface area (Å²) < 4.78 is 12.9. The maximum atomic E-state index is 5.35. The molecule has 0 aliphatic carbocycles. The van der Waals surface area contributed by atoms with E-state index in [2.05, 4.69) is 13.8 Å². The van der Waals surface area contributed by atoms with Crippen LogP contribution < -0.4 is 0 Å². The molecule has 0 N–H and O–H groups in total. The van der Waals surface area contributed by atoms with Crippen molar-refractivity contribution in [2.45, 2.75) is 23.3 Å². The maximum absolute atomic E-state index is 5.35. The first-order chi connectivity index (χ1) is 4.24. The van der Waals surface area contributed by atoms with Gasteiger partial charge >= 0.3 is 61.5 Å². The molecule has 0 aromatic carbocycles. The zero-order valence-corrected chi connectivity index (χ0v) is 8.29. The van der Waals surface area contributed by atoms with Crippen LogP contribution in [0.15, 0.2) is 0 Å². The van der Waals surface area contributed by atoms with Crippen molar-refractivity contribution in [3.8, 4) is 0 Å². The van der Waals surface area contributed by atoms with Gasteiger partial charge in [-0.05, 0) is 0 Å². The molecule has 0 aromatic rings. The molecule has 0 radical (unpaired) electrons. The molecule has 3 heteroatoms. The van der Waals surface area contributed by atoms with Crippen LogP contribution in [0.5, 0.6) is 0 Å². The third-order valence-electron chi connectivity index (χ3n) is 1.82. The molecule has 0 unspecified atom stereocenters. The van der Waals surface area contributed by atoms with Crippen molar-refractivity contribution in [1.29, 1.82) is 0 Å². The average molecular weight is 168 g/mol. The van der Waals surface area contributed by atoms with E-state index in [0.29, 0.717) is 0 Å². The van der Waals surface area contributed by atoms with E-state index in [1.165, 1.54) is 0 Å². The third kappa shape index (κ3) is 2.38. The molecule has 0 spiro atoms. The van der Waals surface area contributed by atoms with Gasteiger partial charge in [-0.15, -0.1) is 0 Å². The van der Waals surface area contributed by atoms with Gasteiger partial charge in [-0.3, -0.25) is 0 Å². The molecule has 0 atom stereocenters. The van der Waals surface area contributed by atoms with Gasteiger partial charge in [0, 0.05) is 0 Å². The number of hydrogen-bond acceptors (Lipinski definition) is 2. The second-order valence-corrected chi connectivity index (χ2v) is 8.35. The van der Waals surface area contributed by atoms with Gasteiger partial charge in [0.15, 0.2) is 0 Å². The molecule has 0 saturated heterocycles. The quantitative estimate of drug-likeness (QED) is 0.598. The molecular weight excluding hydrogens is 152 g/mol. The summed E-state index contributed by atoms with van der Waals surface area (Å²) in [6.07, 6.45) is 0. The summed E-state index contributed by atoms with van der Waals surface area (Å²) in [5, 5.41) is 0. The molecule has 0 bridgehead atoms. The summed E-state index contributed by atoms with van der Waals surface area (Å²) in [4.78, 5) is 0. The van der Waals surface area contributed by atoms with E-state index >= 15 is 0 Å². The molecule has 0 aliphatic rings. The van der Waals surface area contributed by atoms with Gasteiger partial charge in [-0.2, -0.15) is 0 Å². The molecule has 0 rings (SSSR count). The van der Waals surface area contributed by atoms with Gasteiger partial charge in [-0.25, -0.2) is 0 Å². The summed E-state index contributed by atoms with van der Waals surface area (Å²) >= 11 is -2.17. The number of hydrogen-bond donors (Lipinski definition) is 0. The minimum absolute atomic E-state index is 1.09. The Kier molecular flexibility index (Phi) is 4.76. The van der Waals surface area contributed by atoms with Gasteiger partial charge in [0.1, 0.15) is 0 Å². The van der Waals surface area contributed by atoms with Crippen molar-refractivity contribution in [2.75, 3.05) is 14.2 Å². The minimum atomic E-state index is -2.17. The van der Waals surface area contributed by atoms with Crippen molar-refractivity contribution in [2.24, 2.45) is 0 Å². The molecule has 0 aliphatic heterocycles. The molecule has 2 nitrogen and oxygen atoms in total. The van der Waals surface area contributed by atoms with E-state index in [4.69, 9.17) is 6.64 Å². The van der Waals surface area contributed by atoms with Crippen LogP contribution in [0.4, 0.5) is 0 Å². The van der Waals surface area contributed by atoms with Crippen molar-refractivity contribution in [1.82, 2.24) is 0 Å². The molecule has 0 aromatic heterocycles. The Morgan fingerprint density at radius 1 is 1.00 bits per heavy atom. The van der Waals surface area contributed by atoms with Crippen LogP contribution in [0.3, 0.4) is 0 Å². The zero-order valence-electron chi connectivity index (χ0n) is 6.73. The van der Waals surface area contributed by atoms with E-state index in [-0.39, 0.29) is 0 Å². The van der Waals surface area contributed by atoms with Gasteiger partial charge < -0.3 is 0 Å². The van der Waals surface area contributed by atoms with E-state index in [9.17, 15) is 0 Å². The number of rotatable bonds is 4. The van der Waals surface area contributed by atoms with Crippen molar-refractivity contribution in [3.63, 3.8) is 0 Å². The fourth-order valence-electron chi connectivity index (χ4n) is 0.911. The van der Waals surface area contributed by atoms with Gasteiger partial charge in [-0.1, -0.05) is 0 Å². The molecular formula is C6H16O2Ti. The fraction of sp³-hybridized carbons (Fsp3) is 1.00. The SMILES string of the molecule is C[CH2][Ti]([CH2]C)([O]C)[O]C. The Morgan fingerprint density at radius 2 is 1.33 bits per heavy atom. The first kappa shape index (κ1) is 9.63. The molecule has 0 fully saturated rings. The third-order valence-corrected chi connectivity index (χ3v) is 7.51. The average Bonchev–Trinajstić information content (AvgIpc) is 1.95. The molecule has 0 amide bonds. The van der Waals surface area contributed by atoms with Gasteiger partial charge in [0.25, 0.3) is 0 Å². The first-order valence-electron chi connectivity index (χ1n) is 3.35. The second kappa shape index (κ2) is 4.45. The van der Waals surface area contributed by atoms with Crippen LogP contribution in [0.2, 0.25) is 9.45 Å². The van der Waals surface area contributed by atoms with Crippen LogP contribution in [0, 0.1) is 0 Å². The van der Waals surface area contributed by atoms with Crippen LogP contribution in [0.1, 0.15) is 13.8 Å². The van der Waals surface area contributed by atoms with Crippen molar-refractivity contribution in [3.05, 3.63) is 0 Å². The summed E-state index contributed by atoms with van der Waals surface area (Å²) in [6.45, 7) is 4.27. The van der Waals surface area contributed by atoms with E-state index < -0.39 is 17.4 Å². The Hall–Kier alpha value is 0.634. The van der Waals surface area contributed by atoms with Crippen LogP contribution in [-0.2, 0) is 24.0 Å². The van der Waals surface area contributed by atoms with Crippen LogP contribution in [-0.4, -0.2) is 14.2 Å². The monoisotopic (exact) mass is 168 g/mol. The Bertz CT molecular complexity index is 53.9. The summed E-state index contributed by atoms with van der Waals surface area (Å²) in [7, 11) is 3.52. The van der Waals surface area contributed by atoms with Crippen molar-refractivity contribution < 1.29 is 24.0 Å². The van der Waals surface area contributed by atoms with Gasteiger partial charge in [0.2, 0.25) is 0 Å². The zero-order chi connectivity index (χ0) is 7.33. The van der Waals surface area contributed by atoms with Crippen molar-refractivity contribution >= 4 is 0 Å². The van der Waals surface area contributed by atoms with E-state index in [1.54, 1.807) is 14.2 Å². The predicted octanol–water partition coefficient (Wildman–Crippen LogP) is 2.14. The summed E-state index contributed by atoms with van der Waals surface area (Å²) in [5.74, 6) is 0. The fourth-order valence-corrected chi connectivity index (χ4v) is 3.75. The second-order valence-electron chi connectivity index (χ2n) is 2.03. The molecule has 56 valence electrons. The van der Waals surface area contributed by atoms with Crippen LogP contribution >= 0.6 is 0 Å². The molecule has 0 heterocycles. The molecule has 9 heavy (non-hydrogen) atoms. The predicted molar refractivity (Wildman–Crippen MR) is 35.0 cm³/mol. The Morgan fingerprint density at radius 3 is 1.33 bits per heavy atom. The topological polar surface area (TPSA) is 18.5 Å². The standard InChI is InChI=1S/2C2H5.2CH3O.Ti/c4*1-2;/h2*1H2,2H3;2*1H3;/q;;2*-1;+2.